The summed E-state index contributed by atoms with van der Waals surface area (Å²) in [6.45, 7) is 3.11. The standard InChI is InChI=1S/C14H18F2N2O/c1-2-5-18(8-9-3-4-9)14(19)11-6-10(15)7-12(17)13(11)16/h6-7,9H,2-5,8,17H2,1H3. The molecule has 0 atom stereocenters. The van der Waals surface area contributed by atoms with Crippen molar-refractivity contribution >= 4 is 11.6 Å². The molecule has 0 bridgehead atoms. The smallest absolute Gasteiger partial charge is 0.257 e. The van der Waals surface area contributed by atoms with E-state index in [4.69, 9.17) is 5.73 Å². The summed E-state index contributed by atoms with van der Waals surface area (Å²) in [6, 6.07) is 1.81. The molecule has 104 valence electrons. The summed E-state index contributed by atoms with van der Waals surface area (Å²) in [4.78, 5) is 13.9. The van der Waals surface area contributed by atoms with Crippen LogP contribution in [0, 0.1) is 17.6 Å². The van der Waals surface area contributed by atoms with E-state index in [0.717, 1.165) is 31.4 Å². The highest BCUT2D eigenvalue weighted by Crippen LogP contribution is 2.30. The molecule has 0 aliphatic heterocycles. The second kappa shape index (κ2) is 5.55. The maximum Gasteiger partial charge on any atom is 0.257 e. The fraction of sp³-hybridized carbons (Fsp3) is 0.500. The van der Waals surface area contributed by atoms with E-state index in [0.29, 0.717) is 19.0 Å². The van der Waals surface area contributed by atoms with Crippen LogP contribution in [0.5, 0.6) is 0 Å². The summed E-state index contributed by atoms with van der Waals surface area (Å²) >= 11 is 0. The Morgan fingerprint density at radius 1 is 1.42 bits per heavy atom. The number of carbonyl (C=O) groups excluding carboxylic acids is 1. The molecule has 1 saturated carbocycles. The predicted octanol–water partition coefficient (Wildman–Crippen LogP) is 2.81. The summed E-state index contributed by atoms with van der Waals surface area (Å²) in [5.74, 6) is -1.49. The summed E-state index contributed by atoms with van der Waals surface area (Å²) in [6.07, 6.45) is 2.98. The van der Waals surface area contributed by atoms with Gasteiger partial charge in [-0.15, -0.1) is 0 Å². The van der Waals surface area contributed by atoms with Crippen LogP contribution >= 0.6 is 0 Å². The highest BCUT2D eigenvalue weighted by atomic mass is 19.1. The first-order chi connectivity index (χ1) is 9.02. The maximum absolute atomic E-state index is 13.8. The van der Waals surface area contributed by atoms with Crippen LogP contribution in [0.4, 0.5) is 14.5 Å². The molecule has 3 nitrogen and oxygen atoms in total. The van der Waals surface area contributed by atoms with Crippen LogP contribution in [0.15, 0.2) is 12.1 Å². The molecule has 0 spiro atoms. The molecular formula is C14H18F2N2O. The fourth-order valence-corrected chi connectivity index (χ4v) is 2.09. The van der Waals surface area contributed by atoms with Crippen LogP contribution in [0.25, 0.3) is 0 Å². The third kappa shape index (κ3) is 3.22. The third-order valence-corrected chi connectivity index (χ3v) is 3.25. The molecule has 1 fully saturated rings. The monoisotopic (exact) mass is 268 g/mol. The zero-order chi connectivity index (χ0) is 14.0. The van der Waals surface area contributed by atoms with Crippen molar-refractivity contribution < 1.29 is 13.6 Å². The summed E-state index contributed by atoms with van der Waals surface area (Å²) in [5, 5.41) is 0. The lowest BCUT2D eigenvalue weighted by Crippen LogP contribution is -2.34. The van der Waals surface area contributed by atoms with Crippen molar-refractivity contribution in [1.82, 2.24) is 4.90 Å². The number of halogens is 2. The van der Waals surface area contributed by atoms with Crippen LogP contribution in [0.2, 0.25) is 0 Å². The molecule has 2 N–H and O–H groups in total. The average molecular weight is 268 g/mol. The van der Waals surface area contributed by atoms with Crippen LogP contribution in [-0.2, 0) is 0 Å². The van der Waals surface area contributed by atoms with Crippen molar-refractivity contribution in [1.29, 1.82) is 0 Å². The van der Waals surface area contributed by atoms with E-state index in [1.807, 2.05) is 6.92 Å². The number of benzene rings is 1. The van der Waals surface area contributed by atoms with Gasteiger partial charge in [-0.25, -0.2) is 8.78 Å². The van der Waals surface area contributed by atoms with Crippen LogP contribution < -0.4 is 5.73 Å². The normalized spacial score (nSPS) is 14.5. The molecule has 1 amide bonds. The summed E-state index contributed by atoms with van der Waals surface area (Å²) in [7, 11) is 0. The van der Waals surface area contributed by atoms with E-state index in [1.165, 1.54) is 0 Å². The molecule has 0 radical (unpaired) electrons. The Bertz CT molecular complexity index is 487. The quantitative estimate of drug-likeness (QED) is 0.835. The van der Waals surface area contributed by atoms with Gasteiger partial charge in [-0.2, -0.15) is 0 Å². The highest BCUT2D eigenvalue weighted by Gasteiger charge is 2.28. The summed E-state index contributed by atoms with van der Waals surface area (Å²) < 4.78 is 27.1. The lowest BCUT2D eigenvalue weighted by Gasteiger charge is -2.22. The minimum Gasteiger partial charge on any atom is -0.396 e. The van der Waals surface area contributed by atoms with E-state index in [1.54, 1.807) is 4.90 Å². The van der Waals surface area contributed by atoms with Gasteiger partial charge in [0.15, 0.2) is 5.82 Å². The Kier molecular flexibility index (Phi) is 4.02. The van der Waals surface area contributed by atoms with Gasteiger partial charge in [-0.1, -0.05) is 6.92 Å². The predicted molar refractivity (Wildman–Crippen MR) is 69.7 cm³/mol. The second-order valence-electron chi connectivity index (χ2n) is 5.05. The molecular weight excluding hydrogens is 250 g/mol. The van der Waals surface area contributed by atoms with Gasteiger partial charge in [0.2, 0.25) is 0 Å². The molecule has 1 aromatic rings. The van der Waals surface area contributed by atoms with Crippen LogP contribution in [-0.4, -0.2) is 23.9 Å². The number of carbonyl (C=O) groups is 1. The van der Waals surface area contributed by atoms with E-state index in [2.05, 4.69) is 0 Å². The van der Waals surface area contributed by atoms with Crippen molar-refractivity contribution in [3.63, 3.8) is 0 Å². The Morgan fingerprint density at radius 3 is 2.68 bits per heavy atom. The van der Waals surface area contributed by atoms with E-state index < -0.39 is 17.5 Å². The maximum atomic E-state index is 13.8. The molecule has 2 rings (SSSR count). The number of anilines is 1. The van der Waals surface area contributed by atoms with Crippen molar-refractivity contribution in [3.05, 3.63) is 29.3 Å². The Labute approximate surface area is 111 Å². The molecule has 0 aromatic heterocycles. The minimum atomic E-state index is -0.830. The Hall–Kier alpha value is -1.65. The minimum absolute atomic E-state index is 0.272. The van der Waals surface area contributed by atoms with E-state index in [-0.39, 0.29) is 11.3 Å². The van der Waals surface area contributed by atoms with Crippen LogP contribution in [0.1, 0.15) is 36.5 Å². The zero-order valence-corrected chi connectivity index (χ0v) is 11.0. The zero-order valence-electron chi connectivity index (χ0n) is 11.0. The second-order valence-corrected chi connectivity index (χ2v) is 5.05. The number of nitrogens with two attached hydrogens (primary N) is 1. The average Bonchev–Trinajstić information content (AvgIpc) is 3.16. The lowest BCUT2D eigenvalue weighted by atomic mass is 10.1. The largest absolute Gasteiger partial charge is 0.396 e. The van der Waals surface area contributed by atoms with Gasteiger partial charge in [-0.05, 0) is 37.3 Å². The number of nitrogen functional groups attached to an aromatic ring is 1. The molecule has 0 unspecified atom stereocenters. The number of hydrogen-bond donors (Lipinski definition) is 1. The third-order valence-electron chi connectivity index (χ3n) is 3.25. The first-order valence-electron chi connectivity index (χ1n) is 6.56. The first kappa shape index (κ1) is 13.8. The molecule has 19 heavy (non-hydrogen) atoms. The van der Waals surface area contributed by atoms with Gasteiger partial charge < -0.3 is 10.6 Å². The van der Waals surface area contributed by atoms with E-state index >= 15 is 0 Å². The molecule has 1 aliphatic carbocycles. The lowest BCUT2D eigenvalue weighted by molar-refractivity contribution is 0.0742. The fourth-order valence-electron chi connectivity index (χ4n) is 2.09. The van der Waals surface area contributed by atoms with Gasteiger partial charge in [0, 0.05) is 13.1 Å². The summed E-state index contributed by atoms with van der Waals surface area (Å²) in [5.41, 5.74) is 4.76. The van der Waals surface area contributed by atoms with E-state index in [9.17, 15) is 13.6 Å². The van der Waals surface area contributed by atoms with Gasteiger partial charge >= 0.3 is 0 Å². The van der Waals surface area contributed by atoms with Gasteiger partial charge in [0.05, 0.1) is 11.3 Å². The number of amides is 1. The molecule has 1 aromatic carbocycles. The topological polar surface area (TPSA) is 46.3 Å². The van der Waals surface area contributed by atoms with Crippen LogP contribution in [0.3, 0.4) is 0 Å². The first-order valence-corrected chi connectivity index (χ1v) is 6.56. The number of hydrogen-bond acceptors (Lipinski definition) is 2. The van der Waals surface area contributed by atoms with Gasteiger partial charge in [-0.3, -0.25) is 4.79 Å². The van der Waals surface area contributed by atoms with Crippen molar-refractivity contribution in [2.75, 3.05) is 18.8 Å². The molecule has 1 aliphatic rings. The van der Waals surface area contributed by atoms with Gasteiger partial charge in [0.25, 0.3) is 5.91 Å². The molecule has 0 heterocycles. The molecule has 5 heteroatoms. The number of rotatable bonds is 5. The number of nitrogens with zero attached hydrogens (tertiary/aromatic N) is 1. The van der Waals surface area contributed by atoms with Crippen molar-refractivity contribution in [2.45, 2.75) is 26.2 Å². The highest BCUT2D eigenvalue weighted by molar-refractivity contribution is 5.95. The SMILES string of the molecule is CCCN(CC1CC1)C(=O)c1cc(F)cc(N)c1F. The Balaban J connectivity index is 2.24. The Morgan fingerprint density at radius 2 is 2.11 bits per heavy atom. The van der Waals surface area contributed by atoms with Crippen molar-refractivity contribution in [3.8, 4) is 0 Å². The van der Waals surface area contributed by atoms with Crippen molar-refractivity contribution in [2.24, 2.45) is 5.92 Å². The van der Waals surface area contributed by atoms with Gasteiger partial charge in [0.1, 0.15) is 5.82 Å². The molecule has 0 saturated heterocycles.